The maximum atomic E-state index is 10.6. The number of aliphatic imine (C=N–C) groups is 1. The second kappa shape index (κ2) is 9.58. The van der Waals surface area contributed by atoms with Crippen LogP contribution in [0.25, 0.3) is 0 Å². The highest BCUT2D eigenvalue weighted by atomic mass is 32.1. The van der Waals surface area contributed by atoms with Crippen LogP contribution >= 0.6 is 11.3 Å². The van der Waals surface area contributed by atoms with Gasteiger partial charge in [-0.25, -0.2) is 9.98 Å². The van der Waals surface area contributed by atoms with Gasteiger partial charge in [-0.05, 0) is 56.0 Å². The molecule has 0 fully saturated rings. The van der Waals surface area contributed by atoms with Gasteiger partial charge in [-0.15, -0.1) is 0 Å². The molecule has 0 saturated heterocycles. The fraction of sp³-hybridized carbons (Fsp3) is 0.556. The van der Waals surface area contributed by atoms with Crippen LogP contribution in [-0.2, 0) is 12.1 Å². The number of thiophene rings is 1. The van der Waals surface area contributed by atoms with Crippen molar-refractivity contribution >= 4 is 17.3 Å². The van der Waals surface area contributed by atoms with Crippen molar-refractivity contribution in [3.8, 4) is 0 Å². The smallest absolute Gasteiger partial charge is 0.191 e. The number of rotatable bonds is 9. The molecule has 6 nitrogen and oxygen atoms in total. The SMILES string of the molecule is CCNC(=NCC(C)(O)c1ccsc1)NCCCCn1ccnc1C. The molecule has 1 atom stereocenters. The Morgan fingerprint density at radius 3 is 2.88 bits per heavy atom. The Hall–Kier alpha value is -1.86. The van der Waals surface area contributed by atoms with Crippen molar-refractivity contribution in [2.24, 2.45) is 4.99 Å². The van der Waals surface area contributed by atoms with Crippen molar-refractivity contribution < 1.29 is 5.11 Å². The van der Waals surface area contributed by atoms with Gasteiger partial charge in [0.2, 0.25) is 0 Å². The maximum absolute atomic E-state index is 10.6. The molecule has 2 aromatic heterocycles. The number of imidazole rings is 1. The Kier molecular flexibility index (Phi) is 7.46. The number of aromatic nitrogens is 2. The predicted octanol–water partition coefficient (Wildman–Crippen LogP) is 2.50. The van der Waals surface area contributed by atoms with E-state index >= 15 is 0 Å². The molecule has 2 heterocycles. The first-order valence-electron chi connectivity index (χ1n) is 8.78. The van der Waals surface area contributed by atoms with Crippen molar-refractivity contribution in [3.05, 3.63) is 40.6 Å². The van der Waals surface area contributed by atoms with Gasteiger partial charge in [0.1, 0.15) is 11.4 Å². The van der Waals surface area contributed by atoms with Crippen molar-refractivity contribution in [3.63, 3.8) is 0 Å². The number of aliphatic hydroxyl groups is 1. The zero-order valence-electron chi connectivity index (χ0n) is 15.3. The predicted molar refractivity (Wildman–Crippen MR) is 104 cm³/mol. The second-order valence-electron chi connectivity index (χ2n) is 6.28. The summed E-state index contributed by atoms with van der Waals surface area (Å²) >= 11 is 1.58. The lowest BCUT2D eigenvalue weighted by molar-refractivity contribution is 0.0677. The molecule has 2 rings (SSSR count). The third-order valence-electron chi connectivity index (χ3n) is 4.07. The average molecular weight is 364 g/mol. The van der Waals surface area contributed by atoms with E-state index < -0.39 is 5.60 Å². The summed E-state index contributed by atoms with van der Waals surface area (Å²) in [6.45, 7) is 8.81. The van der Waals surface area contributed by atoms with Crippen LogP contribution in [0.2, 0.25) is 0 Å². The van der Waals surface area contributed by atoms with Crippen LogP contribution in [0.15, 0.2) is 34.2 Å². The first kappa shape index (κ1) is 19.5. The first-order chi connectivity index (χ1) is 12.0. The number of unbranched alkanes of at least 4 members (excludes halogenated alkanes) is 1. The van der Waals surface area contributed by atoms with Gasteiger partial charge in [0, 0.05) is 32.0 Å². The molecule has 0 radical (unpaired) electrons. The van der Waals surface area contributed by atoms with E-state index in [0.29, 0.717) is 6.54 Å². The summed E-state index contributed by atoms with van der Waals surface area (Å²) in [5.41, 5.74) is -0.0332. The molecular formula is C18H29N5OS. The Morgan fingerprint density at radius 2 is 2.24 bits per heavy atom. The molecule has 0 bridgehead atoms. The highest BCUT2D eigenvalue weighted by Crippen LogP contribution is 2.23. The molecule has 0 aromatic carbocycles. The van der Waals surface area contributed by atoms with Crippen molar-refractivity contribution in [1.29, 1.82) is 0 Å². The number of nitrogens with one attached hydrogen (secondary N) is 2. The summed E-state index contributed by atoms with van der Waals surface area (Å²) in [6, 6.07) is 1.94. The van der Waals surface area contributed by atoms with Gasteiger partial charge >= 0.3 is 0 Å². The summed E-state index contributed by atoms with van der Waals surface area (Å²) < 4.78 is 2.16. The number of hydrogen-bond acceptors (Lipinski definition) is 4. The van der Waals surface area contributed by atoms with Gasteiger partial charge in [0.05, 0.1) is 6.54 Å². The molecule has 0 spiro atoms. The molecule has 2 aromatic rings. The lowest BCUT2D eigenvalue weighted by Gasteiger charge is -2.21. The van der Waals surface area contributed by atoms with Gasteiger partial charge in [-0.2, -0.15) is 11.3 Å². The van der Waals surface area contributed by atoms with Crippen LogP contribution in [0.1, 0.15) is 38.1 Å². The van der Waals surface area contributed by atoms with Crippen LogP contribution in [0.3, 0.4) is 0 Å². The summed E-state index contributed by atoms with van der Waals surface area (Å²) in [6.07, 6.45) is 5.98. The van der Waals surface area contributed by atoms with Gasteiger partial charge in [0.25, 0.3) is 0 Å². The van der Waals surface area contributed by atoms with E-state index in [1.807, 2.05) is 43.1 Å². The third-order valence-corrected chi connectivity index (χ3v) is 4.76. The zero-order chi connectivity index (χ0) is 18.1. The Labute approximate surface area is 154 Å². The van der Waals surface area contributed by atoms with E-state index in [0.717, 1.165) is 49.8 Å². The fourth-order valence-corrected chi connectivity index (χ4v) is 3.27. The number of guanidine groups is 1. The monoisotopic (exact) mass is 363 g/mol. The number of nitrogens with zero attached hydrogens (tertiary/aromatic N) is 3. The molecule has 1 unspecified atom stereocenters. The minimum absolute atomic E-state index is 0.327. The molecule has 7 heteroatoms. The summed E-state index contributed by atoms with van der Waals surface area (Å²) in [7, 11) is 0. The van der Waals surface area contributed by atoms with E-state index in [9.17, 15) is 5.11 Å². The fourth-order valence-electron chi connectivity index (χ4n) is 2.49. The third kappa shape index (κ3) is 6.17. The van der Waals surface area contributed by atoms with Gasteiger partial charge in [0.15, 0.2) is 5.96 Å². The van der Waals surface area contributed by atoms with Crippen molar-refractivity contribution in [2.75, 3.05) is 19.6 Å². The lowest BCUT2D eigenvalue weighted by atomic mass is 10.00. The van der Waals surface area contributed by atoms with Gasteiger partial charge < -0.3 is 20.3 Å². The molecule has 0 aliphatic carbocycles. The van der Waals surface area contributed by atoms with Crippen LogP contribution in [0.5, 0.6) is 0 Å². The van der Waals surface area contributed by atoms with Crippen molar-refractivity contribution in [2.45, 2.75) is 45.8 Å². The normalized spacial score (nSPS) is 14.3. The van der Waals surface area contributed by atoms with E-state index in [1.165, 1.54) is 0 Å². The quantitative estimate of drug-likeness (QED) is 0.363. The highest BCUT2D eigenvalue weighted by molar-refractivity contribution is 7.08. The van der Waals surface area contributed by atoms with E-state index in [4.69, 9.17) is 0 Å². The maximum Gasteiger partial charge on any atom is 0.191 e. The second-order valence-corrected chi connectivity index (χ2v) is 7.06. The zero-order valence-corrected chi connectivity index (χ0v) is 16.1. The Bertz CT molecular complexity index is 648. The molecular weight excluding hydrogens is 334 g/mol. The van der Waals surface area contributed by atoms with E-state index in [2.05, 4.69) is 25.2 Å². The van der Waals surface area contributed by atoms with E-state index in [-0.39, 0.29) is 0 Å². The topological polar surface area (TPSA) is 74.5 Å². The molecule has 0 saturated carbocycles. The summed E-state index contributed by atoms with van der Waals surface area (Å²) in [5, 5.41) is 21.1. The summed E-state index contributed by atoms with van der Waals surface area (Å²) in [4.78, 5) is 8.77. The molecule has 3 N–H and O–H groups in total. The molecule has 0 aliphatic rings. The minimum Gasteiger partial charge on any atom is -0.383 e. The highest BCUT2D eigenvalue weighted by Gasteiger charge is 2.23. The Morgan fingerprint density at radius 1 is 1.40 bits per heavy atom. The van der Waals surface area contributed by atoms with Gasteiger partial charge in [-0.1, -0.05) is 0 Å². The van der Waals surface area contributed by atoms with Crippen LogP contribution in [-0.4, -0.2) is 40.3 Å². The first-order valence-corrected chi connectivity index (χ1v) is 9.72. The Balaban J connectivity index is 1.76. The lowest BCUT2D eigenvalue weighted by Crippen LogP contribution is -2.39. The van der Waals surface area contributed by atoms with Crippen LogP contribution < -0.4 is 10.6 Å². The summed E-state index contributed by atoms with van der Waals surface area (Å²) in [5.74, 6) is 1.80. The number of aryl methyl sites for hydroxylation is 2. The van der Waals surface area contributed by atoms with Crippen LogP contribution in [0.4, 0.5) is 0 Å². The van der Waals surface area contributed by atoms with Gasteiger partial charge in [-0.3, -0.25) is 0 Å². The molecule has 0 amide bonds. The molecule has 0 aliphatic heterocycles. The number of hydrogen-bond donors (Lipinski definition) is 3. The van der Waals surface area contributed by atoms with Crippen molar-refractivity contribution in [1.82, 2.24) is 20.2 Å². The molecule has 25 heavy (non-hydrogen) atoms. The average Bonchev–Trinajstić information content (AvgIpc) is 3.25. The van der Waals surface area contributed by atoms with Crippen LogP contribution in [0, 0.1) is 6.92 Å². The largest absolute Gasteiger partial charge is 0.383 e. The standard InChI is InChI=1S/C18H29N5OS/c1-4-19-17(22-14-18(3,24)16-7-12-25-13-16)21-8-5-6-10-23-11-9-20-15(23)2/h7,9,11-13,24H,4-6,8,10,14H2,1-3H3,(H2,19,21,22). The van der Waals surface area contributed by atoms with E-state index in [1.54, 1.807) is 18.3 Å². The minimum atomic E-state index is -0.943. The molecule has 138 valence electrons.